The van der Waals surface area contributed by atoms with Gasteiger partial charge in [-0.05, 0) is 82.7 Å². The number of nitrogens with one attached hydrogen (secondary N) is 1. The standard InChI is InChI=1S/C24H34N2O2/c1-17(2)26-12-10-19(11-13-26)22-16-28-23-9-8-20(15-21(22)23)25-24(27)14-18-6-4-3-5-7-18/h8-9,15-19H,3-7,10-14H2,1-2H3,(H,25,27). The van der Waals surface area contributed by atoms with Crippen LogP contribution in [0.5, 0.6) is 0 Å². The number of furan rings is 1. The summed E-state index contributed by atoms with van der Waals surface area (Å²) >= 11 is 0. The Bertz CT molecular complexity index is 796. The minimum absolute atomic E-state index is 0.154. The van der Waals surface area contributed by atoms with E-state index >= 15 is 0 Å². The molecule has 1 aliphatic carbocycles. The van der Waals surface area contributed by atoms with Crippen molar-refractivity contribution in [2.75, 3.05) is 18.4 Å². The van der Waals surface area contributed by atoms with Gasteiger partial charge in [0.15, 0.2) is 0 Å². The van der Waals surface area contributed by atoms with E-state index < -0.39 is 0 Å². The van der Waals surface area contributed by atoms with Crippen molar-refractivity contribution in [3.63, 3.8) is 0 Å². The molecule has 4 nitrogen and oxygen atoms in total. The van der Waals surface area contributed by atoms with Crippen molar-refractivity contribution >= 4 is 22.6 Å². The number of rotatable bonds is 5. The number of benzene rings is 1. The maximum Gasteiger partial charge on any atom is 0.224 e. The third kappa shape index (κ3) is 4.43. The van der Waals surface area contributed by atoms with E-state index in [9.17, 15) is 4.79 Å². The summed E-state index contributed by atoms with van der Waals surface area (Å²) in [4.78, 5) is 15.1. The summed E-state index contributed by atoms with van der Waals surface area (Å²) in [6, 6.07) is 6.70. The SMILES string of the molecule is CC(C)N1CCC(c2coc3ccc(NC(=O)CC4CCCCC4)cc23)CC1. The van der Waals surface area contributed by atoms with Gasteiger partial charge in [0.1, 0.15) is 5.58 Å². The molecule has 0 bridgehead atoms. The highest BCUT2D eigenvalue weighted by molar-refractivity contribution is 5.94. The smallest absolute Gasteiger partial charge is 0.224 e. The largest absolute Gasteiger partial charge is 0.464 e. The summed E-state index contributed by atoms with van der Waals surface area (Å²) in [5, 5.41) is 4.30. The fourth-order valence-corrected chi connectivity index (χ4v) is 5.04. The second kappa shape index (κ2) is 8.69. The van der Waals surface area contributed by atoms with Crippen molar-refractivity contribution < 1.29 is 9.21 Å². The van der Waals surface area contributed by atoms with Gasteiger partial charge < -0.3 is 14.6 Å². The summed E-state index contributed by atoms with van der Waals surface area (Å²) < 4.78 is 5.83. The number of amides is 1. The zero-order valence-corrected chi connectivity index (χ0v) is 17.4. The van der Waals surface area contributed by atoms with Crippen LogP contribution in [0.2, 0.25) is 0 Å². The molecule has 152 valence electrons. The van der Waals surface area contributed by atoms with Gasteiger partial charge in [-0.3, -0.25) is 4.79 Å². The summed E-state index contributed by atoms with van der Waals surface area (Å²) in [6.07, 6.45) is 11.2. The zero-order chi connectivity index (χ0) is 19.5. The van der Waals surface area contributed by atoms with E-state index in [1.165, 1.54) is 55.9 Å². The first kappa shape index (κ1) is 19.5. The van der Waals surface area contributed by atoms with Crippen molar-refractivity contribution in [3.05, 3.63) is 30.0 Å². The van der Waals surface area contributed by atoms with E-state index in [1.807, 2.05) is 18.4 Å². The van der Waals surface area contributed by atoms with Gasteiger partial charge in [-0.15, -0.1) is 0 Å². The molecular weight excluding hydrogens is 348 g/mol. The van der Waals surface area contributed by atoms with E-state index in [-0.39, 0.29) is 5.91 Å². The second-order valence-electron chi connectivity index (χ2n) is 9.06. The first-order valence-electron chi connectivity index (χ1n) is 11.1. The van der Waals surface area contributed by atoms with Crippen LogP contribution in [-0.4, -0.2) is 29.9 Å². The number of carbonyl (C=O) groups excluding carboxylic acids is 1. The average molecular weight is 383 g/mol. The fourth-order valence-electron chi connectivity index (χ4n) is 5.04. The van der Waals surface area contributed by atoms with Gasteiger partial charge in [0.05, 0.1) is 6.26 Å². The van der Waals surface area contributed by atoms with E-state index in [2.05, 4.69) is 30.1 Å². The maximum atomic E-state index is 12.5. The van der Waals surface area contributed by atoms with Gasteiger partial charge in [-0.2, -0.15) is 0 Å². The Labute approximate surface area is 168 Å². The third-order valence-electron chi connectivity index (χ3n) is 6.79. The molecule has 1 aromatic carbocycles. The molecule has 2 heterocycles. The molecule has 1 saturated heterocycles. The Morgan fingerprint density at radius 2 is 1.89 bits per heavy atom. The van der Waals surface area contributed by atoms with Crippen molar-refractivity contribution in [1.82, 2.24) is 4.90 Å². The van der Waals surface area contributed by atoms with Crippen LogP contribution in [0.4, 0.5) is 5.69 Å². The van der Waals surface area contributed by atoms with Crippen LogP contribution in [0.1, 0.15) is 76.7 Å². The highest BCUT2D eigenvalue weighted by Crippen LogP contribution is 2.36. The molecule has 2 fully saturated rings. The van der Waals surface area contributed by atoms with Crippen LogP contribution in [0.15, 0.2) is 28.9 Å². The molecule has 1 saturated carbocycles. The monoisotopic (exact) mass is 382 g/mol. The van der Waals surface area contributed by atoms with Crippen molar-refractivity contribution in [3.8, 4) is 0 Å². The molecule has 4 rings (SSSR count). The molecule has 1 N–H and O–H groups in total. The first-order valence-corrected chi connectivity index (χ1v) is 11.1. The van der Waals surface area contributed by atoms with Gasteiger partial charge in [-0.1, -0.05) is 19.3 Å². The van der Waals surface area contributed by atoms with Crippen LogP contribution in [0.3, 0.4) is 0 Å². The van der Waals surface area contributed by atoms with Crippen molar-refractivity contribution in [2.45, 2.75) is 77.2 Å². The number of carbonyl (C=O) groups is 1. The number of anilines is 1. The van der Waals surface area contributed by atoms with Crippen LogP contribution < -0.4 is 5.32 Å². The van der Waals surface area contributed by atoms with Crippen LogP contribution >= 0.6 is 0 Å². The molecule has 0 spiro atoms. The highest BCUT2D eigenvalue weighted by Gasteiger charge is 2.25. The Hall–Kier alpha value is -1.81. The quantitative estimate of drug-likeness (QED) is 0.697. The van der Waals surface area contributed by atoms with Gasteiger partial charge in [0.25, 0.3) is 0 Å². The van der Waals surface area contributed by atoms with E-state index in [4.69, 9.17) is 4.42 Å². The molecule has 0 unspecified atom stereocenters. The Kier molecular flexibility index (Phi) is 6.05. The number of nitrogens with zero attached hydrogens (tertiary/aromatic N) is 1. The summed E-state index contributed by atoms with van der Waals surface area (Å²) in [5.41, 5.74) is 3.13. The molecule has 1 aliphatic heterocycles. The van der Waals surface area contributed by atoms with E-state index in [0.29, 0.717) is 24.3 Å². The molecular formula is C24H34N2O2. The van der Waals surface area contributed by atoms with E-state index in [0.717, 1.165) is 24.4 Å². The van der Waals surface area contributed by atoms with Gasteiger partial charge in [0.2, 0.25) is 5.91 Å². The molecule has 2 aliphatic rings. The van der Waals surface area contributed by atoms with Gasteiger partial charge >= 0.3 is 0 Å². The average Bonchev–Trinajstić information content (AvgIpc) is 3.12. The molecule has 1 aromatic heterocycles. The Morgan fingerprint density at radius 1 is 1.14 bits per heavy atom. The van der Waals surface area contributed by atoms with Crippen LogP contribution in [-0.2, 0) is 4.79 Å². The Morgan fingerprint density at radius 3 is 2.61 bits per heavy atom. The molecule has 0 atom stereocenters. The third-order valence-corrected chi connectivity index (χ3v) is 6.79. The summed E-state index contributed by atoms with van der Waals surface area (Å²) in [7, 11) is 0. The highest BCUT2D eigenvalue weighted by atomic mass is 16.3. The maximum absolute atomic E-state index is 12.5. The first-order chi connectivity index (χ1) is 13.6. The lowest BCUT2D eigenvalue weighted by molar-refractivity contribution is -0.117. The van der Waals surface area contributed by atoms with Gasteiger partial charge in [-0.25, -0.2) is 0 Å². The zero-order valence-electron chi connectivity index (χ0n) is 17.4. The van der Waals surface area contributed by atoms with Crippen molar-refractivity contribution in [2.24, 2.45) is 5.92 Å². The summed E-state index contributed by atoms with van der Waals surface area (Å²) in [5.74, 6) is 1.26. The molecule has 2 aromatic rings. The van der Waals surface area contributed by atoms with E-state index in [1.54, 1.807) is 0 Å². The predicted octanol–water partition coefficient (Wildman–Crippen LogP) is 5.93. The topological polar surface area (TPSA) is 45.5 Å². The number of hydrogen-bond acceptors (Lipinski definition) is 3. The lowest BCUT2D eigenvalue weighted by atomic mass is 9.87. The minimum atomic E-state index is 0.154. The summed E-state index contributed by atoms with van der Waals surface area (Å²) in [6.45, 7) is 6.84. The minimum Gasteiger partial charge on any atom is -0.464 e. The lowest BCUT2D eigenvalue weighted by Crippen LogP contribution is -2.37. The predicted molar refractivity (Wildman–Crippen MR) is 115 cm³/mol. The normalized spacial score (nSPS) is 20.1. The van der Waals surface area contributed by atoms with Crippen LogP contribution in [0, 0.1) is 5.92 Å². The molecule has 28 heavy (non-hydrogen) atoms. The lowest BCUT2D eigenvalue weighted by Gasteiger charge is -2.34. The Balaban J connectivity index is 1.43. The fraction of sp³-hybridized carbons (Fsp3) is 0.625. The number of likely N-dealkylation sites (tertiary alicyclic amines) is 1. The second-order valence-corrected chi connectivity index (χ2v) is 9.06. The molecule has 1 amide bonds. The number of piperidine rings is 1. The van der Waals surface area contributed by atoms with Gasteiger partial charge in [0, 0.05) is 29.1 Å². The molecule has 0 radical (unpaired) electrons. The number of hydrogen-bond donors (Lipinski definition) is 1. The number of fused-ring (bicyclic) bond motifs is 1. The van der Waals surface area contributed by atoms with Crippen molar-refractivity contribution in [1.29, 1.82) is 0 Å². The molecule has 4 heteroatoms. The van der Waals surface area contributed by atoms with Crippen LogP contribution in [0.25, 0.3) is 11.0 Å².